The van der Waals surface area contributed by atoms with Crippen molar-refractivity contribution in [2.45, 2.75) is 39.2 Å². The first-order valence-corrected chi connectivity index (χ1v) is 12.1. The highest BCUT2D eigenvalue weighted by Crippen LogP contribution is 2.33. The molecule has 180 valence electrons. The van der Waals surface area contributed by atoms with Crippen LogP contribution in [0.15, 0.2) is 70.8 Å². The average molecular weight is 536 g/mol. The summed E-state index contributed by atoms with van der Waals surface area (Å²) in [6, 6.07) is 18.4. The summed E-state index contributed by atoms with van der Waals surface area (Å²) in [7, 11) is 0. The smallest absolute Gasteiger partial charge is 0.352 e. The van der Waals surface area contributed by atoms with Crippen LogP contribution in [0.5, 0.6) is 17.2 Å². The third-order valence-corrected chi connectivity index (χ3v) is 6.50. The third-order valence-electron chi connectivity index (χ3n) is 5.88. The number of carbonyl (C=O) groups is 2. The molecule has 2 atom stereocenters. The second-order valence-corrected chi connectivity index (χ2v) is 9.49. The van der Waals surface area contributed by atoms with Crippen molar-refractivity contribution in [2.75, 3.05) is 0 Å². The van der Waals surface area contributed by atoms with Crippen molar-refractivity contribution in [1.29, 1.82) is 0 Å². The summed E-state index contributed by atoms with van der Waals surface area (Å²) in [4.78, 5) is 24.7. The molecule has 6 nitrogen and oxygen atoms in total. The molecule has 0 saturated carbocycles. The number of amides is 1. The van der Waals surface area contributed by atoms with E-state index in [0.717, 1.165) is 39.1 Å². The molecule has 4 rings (SSSR count). The van der Waals surface area contributed by atoms with Crippen LogP contribution in [0, 0.1) is 6.92 Å². The maximum Gasteiger partial charge on any atom is 0.352 e. The molecule has 7 heteroatoms. The summed E-state index contributed by atoms with van der Waals surface area (Å²) in [5, 5.41) is 12.2. The second-order valence-electron chi connectivity index (χ2n) is 8.63. The van der Waals surface area contributed by atoms with Gasteiger partial charge in [0.25, 0.3) is 0 Å². The molecule has 0 aromatic heterocycles. The second kappa shape index (κ2) is 10.4. The van der Waals surface area contributed by atoms with E-state index in [2.05, 4.69) is 21.2 Å². The van der Waals surface area contributed by atoms with E-state index >= 15 is 0 Å². The fraction of sp³-hybridized carbons (Fsp3) is 0.214. The molecule has 0 spiro atoms. The van der Waals surface area contributed by atoms with Crippen LogP contribution in [0.1, 0.15) is 42.0 Å². The van der Waals surface area contributed by atoms with Gasteiger partial charge in [0.1, 0.15) is 29.0 Å². The van der Waals surface area contributed by atoms with Crippen molar-refractivity contribution in [3.8, 4) is 17.2 Å². The predicted molar refractivity (Wildman–Crippen MR) is 138 cm³/mol. The number of hydrogen-bond donors (Lipinski definition) is 2. The summed E-state index contributed by atoms with van der Waals surface area (Å²) >= 11 is 3.49. The standard InChI is InChI=1S/C28H26BrNO5/c1-16-5-4-6-23(29)26(16)35-22-10-7-19(8-11-22)14-24(28(32)33)30-27(31)18(3)20-9-12-25-21(15-20)13-17(2)34-25/h4-12,14-15,17-18H,13H2,1-3H3,(H,30,31)(H,32,33)/b24-14-. The highest BCUT2D eigenvalue weighted by atomic mass is 79.9. The summed E-state index contributed by atoms with van der Waals surface area (Å²) in [6.45, 7) is 5.71. The number of rotatable bonds is 7. The molecular weight excluding hydrogens is 510 g/mol. The molecule has 0 fully saturated rings. The lowest BCUT2D eigenvalue weighted by atomic mass is 9.96. The van der Waals surface area contributed by atoms with Gasteiger partial charge in [0.2, 0.25) is 5.91 Å². The molecule has 1 amide bonds. The van der Waals surface area contributed by atoms with Crippen LogP contribution in [0.2, 0.25) is 0 Å². The highest BCUT2D eigenvalue weighted by Gasteiger charge is 2.23. The van der Waals surface area contributed by atoms with Gasteiger partial charge >= 0.3 is 5.97 Å². The first kappa shape index (κ1) is 24.5. The Balaban J connectivity index is 1.47. The molecule has 0 radical (unpaired) electrons. The lowest BCUT2D eigenvalue weighted by Crippen LogP contribution is -2.30. The van der Waals surface area contributed by atoms with Crippen LogP contribution in [0.4, 0.5) is 0 Å². The fourth-order valence-corrected chi connectivity index (χ4v) is 4.46. The summed E-state index contributed by atoms with van der Waals surface area (Å²) < 4.78 is 12.5. The maximum atomic E-state index is 12.9. The number of aryl methyl sites for hydroxylation is 1. The first-order chi connectivity index (χ1) is 16.7. The number of benzene rings is 3. The van der Waals surface area contributed by atoms with Gasteiger partial charge in [-0.3, -0.25) is 4.79 Å². The molecular formula is C28H26BrNO5. The van der Waals surface area contributed by atoms with Gasteiger partial charge in [-0.1, -0.05) is 36.4 Å². The Kier molecular flexibility index (Phi) is 7.26. The lowest BCUT2D eigenvalue weighted by molar-refractivity contribution is -0.134. The van der Waals surface area contributed by atoms with Gasteiger partial charge < -0.3 is 19.9 Å². The summed E-state index contributed by atoms with van der Waals surface area (Å²) in [6.07, 6.45) is 2.33. The van der Waals surface area contributed by atoms with E-state index < -0.39 is 17.8 Å². The van der Waals surface area contributed by atoms with Gasteiger partial charge in [0.05, 0.1) is 10.4 Å². The largest absolute Gasteiger partial charge is 0.490 e. The number of aliphatic carboxylic acids is 1. The van der Waals surface area contributed by atoms with Crippen molar-refractivity contribution in [3.05, 3.63) is 93.1 Å². The molecule has 3 aromatic rings. The number of carboxylic acid groups (broad SMARTS) is 1. The Morgan fingerprint density at radius 3 is 2.60 bits per heavy atom. The number of ether oxygens (including phenoxy) is 2. The minimum Gasteiger partial charge on any atom is -0.490 e. The van der Waals surface area contributed by atoms with E-state index in [1.54, 1.807) is 31.2 Å². The van der Waals surface area contributed by atoms with Crippen LogP contribution in [-0.2, 0) is 16.0 Å². The number of carboxylic acids is 1. The zero-order valence-corrected chi connectivity index (χ0v) is 21.3. The number of hydrogen-bond acceptors (Lipinski definition) is 4. The van der Waals surface area contributed by atoms with E-state index in [1.807, 2.05) is 50.2 Å². The van der Waals surface area contributed by atoms with Crippen molar-refractivity contribution in [2.24, 2.45) is 0 Å². The zero-order valence-electron chi connectivity index (χ0n) is 19.7. The van der Waals surface area contributed by atoms with Crippen LogP contribution in [-0.4, -0.2) is 23.1 Å². The van der Waals surface area contributed by atoms with Gasteiger partial charge in [0.15, 0.2) is 0 Å². The van der Waals surface area contributed by atoms with Crippen LogP contribution < -0.4 is 14.8 Å². The highest BCUT2D eigenvalue weighted by molar-refractivity contribution is 9.10. The Morgan fingerprint density at radius 1 is 1.17 bits per heavy atom. The lowest BCUT2D eigenvalue weighted by Gasteiger charge is -2.14. The van der Waals surface area contributed by atoms with Crippen molar-refractivity contribution < 1.29 is 24.2 Å². The van der Waals surface area contributed by atoms with Crippen molar-refractivity contribution in [1.82, 2.24) is 5.32 Å². The number of fused-ring (bicyclic) bond motifs is 1. The van der Waals surface area contributed by atoms with E-state index in [0.29, 0.717) is 11.3 Å². The Morgan fingerprint density at radius 2 is 1.91 bits per heavy atom. The van der Waals surface area contributed by atoms with Gasteiger partial charge in [-0.25, -0.2) is 4.79 Å². The fourth-order valence-electron chi connectivity index (χ4n) is 3.92. The Labute approximate surface area is 212 Å². The van der Waals surface area contributed by atoms with E-state index in [-0.39, 0.29) is 11.8 Å². The number of para-hydroxylation sites is 1. The molecule has 1 aliphatic heterocycles. The van der Waals surface area contributed by atoms with Gasteiger partial charge in [-0.2, -0.15) is 0 Å². The Hall–Kier alpha value is -3.58. The molecule has 1 heterocycles. The molecule has 1 aliphatic rings. The van der Waals surface area contributed by atoms with Crippen molar-refractivity contribution in [3.63, 3.8) is 0 Å². The van der Waals surface area contributed by atoms with E-state index in [9.17, 15) is 14.7 Å². The maximum absolute atomic E-state index is 12.9. The predicted octanol–water partition coefficient (Wildman–Crippen LogP) is 6.22. The monoisotopic (exact) mass is 535 g/mol. The molecule has 35 heavy (non-hydrogen) atoms. The molecule has 0 saturated heterocycles. The topological polar surface area (TPSA) is 84.9 Å². The molecule has 2 N–H and O–H groups in total. The zero-order chi connectivity index (χ0) is 25.1. The summed E-state index contributed by atoms with van der Waals surface area (Å²) in [5.74, 6) is 0.0303. The average Bonchev–Trinajstić information content (AvgIpc) is 3.20. The van der Waals surface area contributed by atoms with Crippen LogP contribution in [0.25, 0.3) is 6.08 Å². The van der Waals surface area contributed by atoms with E-state index in [1.165, 1.54) is 6.08 Å². The first-order valence-electron chi connectivity index (χ1n) is 11.3. The van der Waals surface area contributed by atoms with Crippen LogP contribution in [0.3, 0.4) is 0 Å². The van der Waals surface area contributed by atoms with Crippen molar-refractivity contribution >= 4 is 33.9 Å². The molecule has 0 aliphatic carbocycles. The number of nitrogens with one attached hydrogen (secondary N) is 1. The molecule has 0 bridgehead atoms. The minimum absolute atomic E-state index is 0.112. The SMILES string of the molecule is Cc1cccc(Br)c1Oc1ccc(/C=C(\NC(=O)C(C)c2ccc3c(c2)CC(C)O3)C(=O)O)cc1. The quantitative estimate of drug-likeness (QED) is 0.351. The summed E-state index contributed by atoms with van der Waals surface area (Å²) in [5.41, 5.74) is 3.28. The minimum atomic E-state index is -1.22. The molecule has 2 unspecified atom stereocenters. The number of carbonyl (C=O) groups excluding carboxylic acids is 1. The Bertz CT molecular complexity index is 1280. The third kappa shape index (κ3) is 5.74. The van der Waals surface area contributed by atoms with Gasteiger partial charge in [0, 0.05) is 6.42 Å². The number of halogens is 1. The molecule has 3 aromatic carbocycles. The van der Waals surface area contributed by atoms with Gasteiger partial charge in [-0.15, -0.1) is 0 Å². The van der Waals surface area contributed by atoms with Crippen LogP contribution >= 0.6 is 15.9 Å². The van der Waals surface area contributed by atoms with E-state index in [4.69, 9.17) is 9.47 Å². The normalized spacial score (nSPS) is 15.7. The van der Waals surface area contributed by atoms with Gasteiger partial charge in [-0.05, 0) is 89.3 Å².